The number of hydrogen-bond donors (Lipinski definition) is 1. The number of aromatic nitrogens is 6. The average Bonchev–Trinajstić information content (AvgIpc) is 3.58. The van der Waals surface area contributed by atoms with Crippen molar-refractivity contribution >= 4 is 45.9 Å². The number of aryl methyl sites for hydroxylation is 1. The molecule has 0 fully saturated rings. The summed E-state index contributed by atoms with van der Waals surface area (Å²) in [5.74, 6) is -0.132. The van der Waals surface area contributed by atoms with Crippen LogP contribution in [0.2, 0.25) is 0 Å². The van der Waals surface area contributed by atoms with Crippen LogP contribution >= 0.6 is 23.1 Å². The molecule has 5 aromatic rings. The Labute approximate surface area is 205 Å². The maximum absolute atomic E-state index is 13.4. The van der Waals surface area contributed by atoms with Crippen molar-refractivity contribution in [1.29, 1.82) is 0 Å². The predicted molar refractivity (Wildman–Crippen MR) is 131 cm³/mol. The molecular formula is C22H20FN7O3S2. The zero-order chi connectivity index (χ0) is 24.7. The van der Waals surface area contributed by atoms with Gasteiger partial charge in [-0.25, -0.2) is 13.6 Å². The maximum atomic E-state index is 13.4. The number of nitrogens with one attached hydrogen (secondary N) is 1. The van der Waals surface area contributed by atoms with Gasteiger partial charge in [0.2, 0.25) is 11.7 Å². The number of rotatable bonds is 7. The van der Waals surface area contributed by atoms with Crippen molar-refractivity contribution in [2.45, 2.75) is 18.2 Å². The summed E-state index contributed by atoms with van der Waals surface area (Å²) in [7, 11) is 2.97. The average molecular weight is 514 g/mol. The molecule has 4 heterocycles. The zero-order valence-electron chi connectivity index (χ0n) is 18.8. The summed E-state index contributed by atoms with van der Waals surface area (Å²) < 4.78 is 19.1. The third-order valence-electron chi connectivity index (χ3n) is 5.58. The number of imidazole rings is 1. The van der Waals surface area contributed by atoms with E-state index in [1.165, 1.54) is 23.7 Å². The van der Waals surface area contributed by atoms with Gasteiger partial charge in [0.1, 0.15) is 5.82 Å². The first-order chi connectivity index (χ1) is 16.8. The highest BCUT2D eigenvalue weighted by Crippen LogP contribution is 2.24. The summed E-state index contributed by atoms with van der Waals surface area (Å²) in [6, 6.07) is 9.78. The van der Waals surface area contributed by atoms with Crippen LogP contribution in [0.3, 0.4) is 0 Å². The number of amides is 1. The number of hydrogen-bond acceptors (Lipinski definition) is 7. The van der Waals surface area contributed by atoms with Crippen molar-refractivity contribution in [3.05, 3.63) is 78.9 Å². The molecule has 1 aromatic carbocycles. The lowest BCUT2D eigenvalue weighted by Crippen LogP contribution is -2.37. The van der Waals surface area contributed by atoms with Crippen LogP contribution in [-0.2, 0) is 32.0 Å². The molecule has 0 aliphatic rings. The van der Waals surface area contributed by atoms with Gasteiger partial charge in [0.05, 0.1) is 18.8 Å². The van der Waals surface area contributed by atoms with Crippen molar-refractivity contribution < 1.29 is 9.18 Å². The molecule has 0 bridgehead atoms. The Hall–Kier alpha value is -3.71. The lowest BCUT2D eigenvalue weighted by atomic mass is 10.2. The van der Waals surface area contributed by atoms with Crippen molar-refractivity contribution in [3.63, 3.8) is 0 Å². The summed E-state index contributed by atoms with van der Waals surface area (Å²) in [4.78, 5) is 39.3. The number of thiophene rings is 1. The number of nitrogens with zero attached hydrogens (tertiary/aromatic N) is 6. The van der Waals surface area contributed by atoms with E-state index in [1.54, 1.807) is 39.5 Å². The monoisotopic (exact) mass is 513 g/mol. The van der Waals surface area contributed by atoms with Gasteiger partial charge in [-0.15, -0.1) is 21.5 Å². The summed E-state index contributed by atoms with van der Waals surface area (Å²) in [5, 5.41) is 13.7. The van der Waals surface area contributed by atoms with Crippen molar-refractivity contribution in [1.82, 2.24) is 33.6 Å². The number of halogens is 1. The van der Waals surface area contributed by atoms with E-state index in [1.807, 2.05) is 17.5 Å². The lowest BCUT2D eigenvalue weighted by Gasteiger charge is -2.08. The van der Waals surface area contributed by atoms with Gasteiger partial charge >= 0.3 is 5.69 Å². The number of fused-ring (bicyclic) bond motifs is 3. The molecule has 0 atom stereocenters. The highest BCUT2D eigenvalue weighted by atomic mass is 32.2. The van der Waals surface area contributed by atoms with E-state index in [2.05, 4.69) is 15.5 Å². The fourth-order valence-corrected chi connectivity index (χ4v) is 5.23. The first-order valence-electron chi connectivity index (χ1n) is 10.5. The Morgan fingerprint density at radius 3 is 2.60 bits per heavy atom. The molecule has 4 aromatic heterocycles. The van der Waals surface area contributed by atoms with Crippen molar-refractivity contribution in [2.75, 3.05) is 5.75 Å². The van der Waals surface area contributed by atoms with E-state index in [0.717, 1.165) is 26.8 Å². The second kappa shape index (κ2) is 9.15. The molecule has 5 rings (SSSR count). The van der Waals surface area contributed by atoms with E-state index in [-0.39, 0.29) is 29.5 Å². The zero-order valence-corrected chi connectivity index (χ0v) is 20.4. The number of carbonyl (C=O) groups excluding carboxylic acids is 1. The third kappa shape index (κ3) is 4.17. The van der Waals surface area contributed by atoms with E-state index in [0.29, 0.717) is 23.1 Å². The van der Waals surface area contributed by atoms with Gasteiger partial charge in [0.15, 0.2) is 16.3 Å². The highest BCUT2D eigenvalue weighted by Gasteiger charge is 2.24. The predicted octanol–water partition coefficient (Wildman–Crippen LogP) is 1.74. The Kier molecular flexibility index (Phi) is 6.03. The molecule has 0 spiro atoms. The second-order valence-electron chi connectivity index (χ2n) is 7.85. The quantitative estimate of drug-likeness (QED) is 0.332. The van der Waals surface area contributed by atoms with Crippen molar-refractivity contribution in [2.24, 2.45) is 14.1 Å². The molecule has 10 nitrogen and oxygen atoms in total. The molecular weight excluding hydrogens is 493 g/mol. The molecule has 0 saturated carbocycles. The van der Waals surface area contributed by atoms with Crippen LogP contribution in [0.5, 0.6) is 0 Å². The van der Waals surface area contributed by atoms with Gasteiger partial charge < -0.3 is 5.32 Å². The molecule has 1 amide bonds. The first kappa shape index (κ1) is 23.1. The molecule has 13 heteroatoms. The molecule has 0 aliphatic heterocycles. The van der Waals surface area contributed by atoms with Crippen LogP contribution in [-0.4, -0.2) is 40.0 Å². The number of thioether (sulfide) groups is 1. The normalized spacial score (nSPS) is 11.5. The summed E-state index contributed by atoms with van der Waals surface area (Å²) in [5.41, 5.74) is 0.336. The van der Waals surface area contributed by atoms with Gasteiger partial charge in [0, 0.05) is 19.0 Å². The Balaban J connectivity index is 1.55. The van der Waals surface area contributed by atoms with Crippen LogP contribution in [0.15, 0.2) is 56.5 Å². The second-order valence-corrected chi connectivity index (χ2v) is 9.83. The number of benzene rings is 1. The van der Waals surface area contributed by atoms with Crippen LogP contribution < -0.4 is 16.6 Å². The van der Waals surface area contributed by atoms with E-state index in [9.17, 15) is 18.8 Å². The summed E-state index contributed by atoms with van der Waals surface area (Å²) in [6.07, 6.45) is 0. The van der Waals surface area contributed by atoms with Crippen LogP contribution in [0.1, 0.15) is 10.4 Å². The van der Waals surface area contributed by atoms with Gasteiger partial charge in [-0.2, -0.15) is 0 Å². The Morgan fingerprint density at radius 1 is 1.11 bits per heavy atom. The van der Waals surface area contributed by atoms with Crippen LogP contribution in [0.25, 0.3) is 16.9 Å². The van der Waals surface area contributed by atoms with Gasteiger partial charge in [-0.3, -0.25) is 23.3 Å². The maximum Gasteiger partial charge on any atom is 0.332 e. The SMILES string of the molecule is Cn1c(=O)c2c(n(C)c1=O)n1c(SCC(=O)NCc3cccs3)nnc1n2Cc1ccc(F)cc1. The minimum absolute atomic E-state index is 0.0790. The van der Waals surface area contributed by atoms with Gasteiger partial charge in [-0.05, 0) is 29.1 Å². The molecule has 180 valence electrons. The smallest absolute Gasteiger partial charge is 0.332 e. The Morgan fingerprint density at radius 2 is 1.89 bits per heavy atom. The largest absolute Gasteiger partial charge is 0.350 e. The van der Waals surface area contributed by atoms with Crippen molar-refractivity contribution in [3.8, 4) is 0 Å². The fraction of sp³-hybridized carbons (Fsp3) is 0.227. The molecule has 0 radical (unpaired) electrons. The van der Waals surface area contributed by atoms with Gasteiger partial charge in [0.25, 0.3) is 5.56 Å². The van der Waals surface area contributed by atoms with E-state index >= 15 is 0 Å². The van der Waals surface area contributed by atoms with Crippen LogP contribution in [0.4, 0.5) is 4.39 Å². The number of carbonyl (C=O) groups is 1. The highest BCUT2D eigenvalue weighted by molar-refractivity contribution is 7.99. The minimum atomic E-state index is -0.498. The van der Waals surface area contributed by atoms with E-state index in [4.69, 9.17) is 0 Å². The van der Waals surface area contributed by atoms with Gasteiger partial charge in [-0.1, -0.05) is 30.0 Å². The summed E-state index contributed by atoms with van der Waals surface area (Å²) in [6.45, 7) is 0.651. The third-order valence-corrected chi connectivity index (χ3v) is 7.38. The molecule has 0 aliphatic carbocycles. The first-order valence-corrected chi connectivity index (χ1v) is 12.4. The Bertz CT molecular complexity index is 1660. The fourth-order valence-electron chi connectivity index (χ4n) is 3.83. The molecule has 0 saturated heterocycles. The minimum Gasteiger partial charge on any atom is -0.350 e. The topological polar surface area (TPSA) is 108 Å². The van der Waals surface area contributed by atoms with Crippen LogP contribution in [0, 0.1) is 5.82 Å². The standard InChI is InChI=1S/C22H20FN7O3S2/c1-27-18-17(19(32)28(2)22(27)33)29(11-13-5-7-14(23)8-6-13)20-25-26-21(30(18)20)35-12-16(31)24-10-15-4-3-9-34-15/h3-9H,10-12H2,1-2H3,(H,24,31). The van der Waals surface area contributed by atoms with E-state index < -0.39 is 11.2 Å². The molecule has 1 N–H and O–H groups in total. The summed E-state index contributed by atoms with van der Waals surface area (Å²) >= 11 is 2.71. The lowest BCUT2D eigenvalue weighted by molar-refractivity contribution is -0.118. The molecule has 35 heavy (non-hydrogen) atoms. The molecule has 0 unspecified atom stereocenters.